The largest absolute Gasteiger partial charge is 0.380 e. The van der Waals surface area contributed by atoms with Crippen molar-refractivity contribution in [2.24, 2.45) is 10.3 Å². The Kier molecular flexibility index (Phi) is 3.54. The van der Waals surface area contributed by atoms with Crippen LogP contribution in [-0.2, 0) is 9.40 Å². The fourth-order valence-electron chi connectivity index (χ4n) is 0.558. The number of rotatable bonds is 3. The van der Waals surface area contributed by atoms with Gasteiger partial charge in [0.25, 0.3) is 0 Å². The van der Waals surface area contributed by atoms with Gasteiger partial charge in [-0.15, -0.1) is 4.83 Å². The van der Waals surface area contributed by atoms with Crippen molar-refractivity contribution in [2.45, 2.75) is 0 Å². The van der Waals surface area contributed by atoms with Crippen LogP contribution in [0.3, 0.4) is 0 Å². The van der Waals surface area contributed by atoms with Crippen LogP contribution in [0, 0.1) is 0 Å². The van der Waals surface area contributed by atoms with Crippen LogP contribution in [0.4, 0.5) is 0 Å². The summed E-state index contributed by atoms with van der Waals surface area (Å²) in [6, 6.07) is 0. The summed E-state index contributed by atoms with van der Waals surface area (Å²) >= 11 is 1.38. The molecule has 8 heteroatoms. The Morgan fingerprint density at radius 3 is 2.42 bits per heavy atom. The van der Waals surface area contributed by atoms with Crippen molar-refractivity contribution in [2.75, 3.05) is 0 Å². The van der Waals surface area contributed by atoms with E-state index < -0.39 is 5.70 Å². The molecule has 1 rings (SSSR count). The van der Waals surface area contributed by atoms with Crippen LogP contribution in [0.15, 0.2) is 24.6 Å². The molecular weight excluding hydrogens is 217 g/mol. The van der Waals surface area contributed by atoms with E-state index in [0.717, 1.165) is 4.83 Å². The van der Waals surface area contributed by atoms with Gasteiger partial charge in [0, 0.05) is 29.3 Å². The zero-order valence-electron chi connectivity index (χ0n) is 5.99. The maximum atomic E-state index is 11.7. The molecule has 0 bridgehead atoms. The predicted molar refractivity (Wildman–Crippen MR) is 52.4 cm³/mol. The van der Waals surface area contributed by atoms with Crippen LogP contribution < -0.4 is 10.3 Å². The molecule has 0 unspecified atom stereocenters. The van der Waals surface area contributed by atoms with E-state index >= 15 is 0 Å². The lowest BCUT2D eigenvalue weighted by Gasteiger charge is -2.25. The molecule has 0 aliphatic carbocycles. The molecule has 0 saturated heterocycles. The molecule has 0 radical (unpaired) electrons. The standard InChI is InChI=1S/C4H8N3O2PS2/c5-11-10(8,12-6)7-3-1-2-4-9-7/h1-4H,5-6H2. The maximum absolute atomic E-state index is 11.7. The summed E-state index contributed by atoms with van der Waals surface area (Å²) in [5, 5.41) is 10.4. The smallest absolute Gasteiger partial charge is 0.339 e. The average Bonchev–Trinajstić information content (AvgIpc) is 2.18. The van der Waals surface area contributed by atoms with Gasteiger partial charge in [0.1, 0.15) is 6.26 Å². The highest BCUT2D eigenvalue weighted by molar-refractivity contribution is 8.88. The summed E-state index contributed by atoms with van der Waals surface area (Å²) in [5.41, 5.74) is -2.89. The molecule has 68 valence electrons. The third-order valence-corrected chi connectivity index (χ3v) is 6.44. The number of nitrogens with zero attached hydrogens (tertiary/aromatic N) is 1. The van der Waals surface area contributed by atoms with E-state index in [1.807, 2.05) is 0 Å². The van der Waals surface area contributed by atoms with E-state index in [1.165, 1.54) is 12.5 Å². The zero-order chi connectivity index (χ0) is 9.03. The molecule has 1 aliphatic heterocycles. The molecular formula is C4H8N3O2PS2. The lowest BCUT2D eigenvalue weighted by atomic mass is 10.6. The van der Waals surface area contributed by atoms with E-state index in [2.05, 4.69) is 0 Å². The molecule has 4 N–H and O–H groups in total. The van der Waals surface area contributed by atoms with Gasteiger partial charge in [-0.25, -0.2) is 0 Å². The molecule has 1 aliphatic rings. The molecule has 5 nitrogen and oxygen atoms in total. The maximum Gasteiger partial charge on any atom is 0.339 e. The molecule has 0 aromatic carbocycles. The summed E-state index contributed by atoms with van der Waals surface area (Å²) in [6.07, 6.45) is 6.27. The van der Waals surface area contributed by atoms with Gasteiger partial charge >= 0.3 is 5.70 Å². The molecule has 0 spiro atoms. The molecule has 0 aromatic heterocycles. The fraction of sp³-hybridized carbons (Fsp3) is 0. The first-order chi connectivity index (χ1) is 5.73. The van der Waals surface area contributed by atoms with Gasteiger partial charge in [-0.1, -0.05) is 0 Å². The minimum Gasteiger partial charge on any atom is -0.380 e. The van der Waals surface area contributed by atoms with Gasteiger partial charge in [-0.2, -0.15) is 0 Å². The van der Waals surface area contributed by atoms with Crippen LogP contribution in [-0.4, -0.2) is 4.83 Å². The van der Waals surface area contributed by atoms with Crippen molar-refractivity contribution in [1.82, 2.24) is 4.83 Å². The van der Waals surface area contributed by atoms with E-state index in [-0.39, 0.29) is 0 Å². The first kappa shape index (κ1) is 10.0. The molecule has 12 heavy (non-hydrogen) atoms. The van der Waals surface area contributed by atoms with Crippen LogP contribution in [0.25, 0.3) is 0 Å². The summed E-state index contributed by atoms with van der Waals surface area (Å²) in [4.78, 5) is 6.08. The number of nitrogens with two attached hydrogens (primary N) is 2. The normalized spacial score (nSPS) is 16.3. The Balaban J connectivity index is 2.74. The summed E-state index contributed by atoms with van der Waals surface area (Å²) in [5.74, 6) is 0. The molecule has 0 saturated carbocycles. The SMILES string of the molecule is NSP(=O)(SN)N1C=CC=CO1. The molecule has 1 heterocycles. The van der Waals surface area contributed by atoms with Gasteiger partial charge in [0.15, 0.2) is 0 Å². The van der Waals surface area contributed by atoms with E-state index in [9.17, 15) is 4.57 Å². The second-order valence-corrected chi connectivity index (χ2v) is 8.44. The monoisotopic (exact) mass is 225 g/mol. The predicted octanol–water partition coefficient (Wildman–Crippen LogP) is 1.58. The Morgan fingerprint density at radius 2 is 2.00 bits per heavy atom. The average molecular weight is 225 g/mol. The molecule has 0 fully saturated rings. The Bertz CT molecular complexity index is 249. The molecule has 0 atom stereocenters. The van der Waals surface area contributed by atoms with E-state index in [4.69, 9.17) is 15.1 Å². The zero-order valence-corrected chi connectivity index (χ0v) is 8.52. The first-order valence-electron chi connectivity index (χ1n) is 2.90. The highest BCUT2D eigenvalue weighted by Crippen LogP contribution is 2.67. The summed E-state index contributed by atoms with van der Waals surface area (Å²) < 4.78 is 11.7. The van der Waals surface area contributed by atoms with Crippen LogP contribution in [0.2, 0.25) is 0 Å². The van der Waals surface area contributed by atoms with Crippen LogP contribution in [0.1, 0.15) is 0 Å². The van der Waals surface area contributed by atoms with Crippen molar-refractivity contribution in [3.8, 4) is 0 Å². The number of hydrogen-bond acceptors (Lipinski definition) is 6. The van der Waals surface area contributed by atoms with Gasteiger partial charge in [0.2, 0.25) is 0 Å². The first-order valence-corrected chi connectivity index (χ1v) is 7.52. The Labute approximate surface area is 78.3 Å². The number of allylic oxidation sites excluding steroid dienone is 2. The highest BCUT2D eigenvalue weighted by Gasteiger charge is 2.30. The topological polar surface area (TPSA) is 81.6 Å². The van der Waals surface area contributed by atoms with Crippen molar-refractivity contribution in [1.29, 1.82) is 0 Å². The van der Waals surface area contributed by atoms with Crippen molar-refractivity contribution < 1.29 is 9.40 Å². The van der Waals surface area contributed by atoms with E-state index in [1.54, 1.807) is 12.2 Å². The third kappa shape index (κ3) is 1.99. The van der Waals surface area contributed by atoms with E-state index in [0.29, 0.717) is 23.1 Å². The number of hydroxylamine groups is 1. The second kappa shape index (κ2) is 4.25. The lowest BCUT2D eigenvalue weighted by Crippen LogP contribution is -2.11. The minimum atomic E-state index is -2.89. The lowest BCUT2D eigenvalue weighted by molar-refractivity contribution is 0.0309. The van der Waals surface area contributed by atoms with Crippen LogP contribution in [0.5, 0.6) is 0 Å². The van der Waals surface area contributed by atoms with Gasteiger partial charge in [-0.3, -0.25) is 14.8 Å². The quantitative estimate of drug-likeness (QED) is 0.557. The second-order valence-electron chi connectivity index (χ2n) is 1.76. The minimum absolute atomic E-state index is 0.688. The van der Waals surface area contributed by atoms with Gasteiger partial charge < -0.3 is 4.84 Å². The molecule has 0 aromatic rings. The third-order valence-electron chi connectivity index (χ3n) is 1.08. The van der Waals surface area contributed by atoms with Crippen molar-refractivity contribution in [3.05, 3.63) is 24.6 Å². The van der Waals surface area contributed by atoms with Crippen molar-refractivity contribution in [3.63, 3.8) is 0 Å². The Hall–Kier alpha value is -0.0700. The van der Waals surface area contributed by atoms with Gasteiger partial charge in [0.05, 0.1) is 0 Å². The highest BCUT2D eigenvalue weighted by atomic mass is 33.1. The molecule has 0 amide bonds. The van der Waals surface area contributed by atoms with Crippen LogP contribution >= 0.6 is 28.8 Å². The summed E-state index contributed by atoms with van der Waals surface area (Å²) in [6.45, 7) is 0. The Morgan fingerprint density at radius 1 is 1.33 bits per heavy atom. The van der Waals surface area contributed by atoms with Crippen molar-refractivity contribution >= 4 is 28.8 Å². The fourth-order valence-corrected chi connectivity index (χ4v) is 2.92. The van der Waals surface area contributed by atoms with Gasteiger partial charge in [-0.05, 0) is 12.2 Å². The number of hydrogen-bond donors (Lipinski definition) is 2. The summed E-state index contributed by atoms with van der Waals surface area (Å²) in [7, 11) is 0.